The van der Waals surface area contributed by atoms with Crippen molar-refractivity contribution in [2.45, 2.75) is 25.7 Å². The maximum atomic E-state index is 11.9. The lowest BCUT2D eigenvalue weighted by Gasteiger charge is -2.19. The molecule has 1 atom stereocenters. The second kappa shape index (κ2) is 5.80. The number of Topliss-reactive ketones (excluding diaryl/α,β-unsaturated/α-hetero) is 1. The molecule has 2 N–H and O–H groups in total. The van der Waals surface area contributed by atoms with Crippen molar-refractivity contribution in [1.82, 2.24) is 0 Å². The average molecular weight is 218 g/mol. The molecule has 2 heteroatoms. The standard InChI is InChI=1S/C14H19NO/c16-14(13-6-2-1-3-7-13)9-8-12-5-4-10-15-11-12/h1-3,6-7,12,15H,4-5,8-11H2/p+1/t12-/m0/s1. The van der Waals surface area contributed by atoms with E-state index in [1.807, 2.05) is 30.3 Å². The fraction of sp³-hybridized carbons (Fsp3) is 0.500. The number of ketones is 1. The van der Waals surface area contributed by atoms with Crippen molar-refractivity contribution in [3.63, 3.8) is 0 Å². The van der Waals surface area contributed by atoms with E-state index in [0.717, 1.165) is 17.9 Å². The van der Waals surface area contributed by atoms with Gasteiger partial charge in [0.15, 0.2) is 5.78 Å². The number of nitrogens with two attached hydrogens (primary N) is 1. The molecule has 1 aliphatic heterocycles. The van der Waals surface area contributed by atoms with Gasteiger partial charge in [-0.05, 0) is 19.3 Å². The van der Waals surface area contributed by atoms with Gasteiger partial charge in [0.05, 0.1) is 13.1 Å². The predicted octanol–water partition coefficient (Wildman–Crippen LogP) is 1.62. The first-order valence-corrected chi connectivity index (χ1v) is 6.26. The van der Waals surface area contributed by atoms with Crippen molar-refractivity contribution in [3.8, 4) is 0 Å². The van der Waals surface area contributed by atoms with Gasteiger partial charge in [0.1, 0.15) is 0 Å². The van der Waals surface area contributed by atoms with Gasteiger partial charge >= 0.3 is 0 Å². The van der Waals surface area contributed by atoms with Crippen molar-refractivity contribution < 1.29 is 10.1 Å². The molecular formula is C14H20NO+. The van der Waals surface area contributed by atoms with Crippen LogP contribution in [0.5, 0.6) is 0 Å². The number of quaternary nitrogens is 1. The molecular weight excluding hydrogens is 198 g/mol. The van der Waals surface area contributed by atoms with Crippen molar-refractivity contribution in [3.05, 3.63) is 35.9 Å². The molecule has 0 aliphatic carbocycles. The Morgan fingerprint density at radius 2 is 2.12 bits per heavy atom. The van der Waals surface area contributed by atoms with Crippen LogP contribution in [0.15, 0.2) is 30.3 Å². The van der Waals surface area contributed by atoms with Gasteiger partial charge in [-0.1, -0.05) is 30.3 Å². The summed E-state index contributed by atoms with van der Waals surface area (Å²) in [4.78, 5) is 11.9. The van der Waals surface area contributed by atoms with E-state index in [1.54, 1.807) is 0 Å². The van der Waals surface area contributed by atoms with Crippen LogP contribution in [0.3, 0.4) is 0 Å². The quantitative estimate of drug-likeness (QED) is 0.766. The van der Waals surface area contributed by atoms with Crippen molar-refractivity contribution in [2.75, 3.05) is 13.1 Å². The summed E-state index contributed by atoms with van der Waals surface area (Å²) >= 11 is 0. The topological polar surface area (TPSA) is 33.7 Å². The number of hydrogen-bond acceptors (Lipinski definition) is 1. The first-order valence-electron chi connectivity index (χ1n) is 6.26. The Morgan fingerprint density at radius 3 is 2.81 bits per heavy atom. The van der Waals surface area contributed by atoms with Crippen LogP contribution in [0.2, 0.25) is 0 Å². The van der Waals surface area contributed by atoms with Crippen LogP contribution in [0.4, 0.5) is 0 Å². The molecule has 0 saturated carbocycles. The Kier molecular flexibility index (Phi) is 4.11. The first kappa shape index (κ1) is 11.3. The van der Waals surface area contributed by atoms with Gasteiger partial charge < -0.3 is 5.32 Å². The lowest BCUT2D eigenvalue weighted by molar-refractivity contribution is -0.669. The summed E-state index contributed by atoms with van der Waals surface area (Å²) in [6, 6.07) is 9.64. The SMILES string of the molecule is O=C(CC[C@@H]1CCC[NH2+]C1)c1ccccc1. The van der Waals surface area contributed by atoms with Gasteiger partial charge in [0, 0.05) is 17.9 Å². The fourth-order valence-corrected chi connectivity index (χ4v) is 2.39. The van der Waals surface area contributed by atoms with E-state index in [4.69, 9.17) is 0 Å². The van der Waals surface area contributed by atoms with E-state index in [9.17, 15) is 4.79 Å². The average Bonchev–Trinajstić information content (AvgIpc) is 2.38. The molecule has 1 heterocycles. The minimum atomic E-state index is 0.297. The van der Waals surface area contributed by atoms with Crippen LogP contribution in [-0.2, 0) is 0 Å². The zero-order chi connectivity index (χ0) is 11.2. The van der Waals surface area contributed by atoms with Gasteiger partial charge in [-0.2, -0.15) is 0 Å². The molecule has 0 spiro atoms. The Labute approximate surface area is 97.1 Å². The van der Waals surface area contributed by atoms with E-state index in [0.29, 0.717) is 12.2 Å². The lowest BCUT2D eigenvalue weighted by atomic mass is 9.92. The summed E-state index contributed by atoms with van der Waals surface area (Å²) in [5.74, 6) is 1.05. The molecule has 0 amide bonds. The third-order valence-electron chi connectivity index (χ3n) is 3.40. The van der Waals surface area contributed by atoms with Crippen LogP contribution >= 0.6 is 0 Å². The molecule has 1 aromatic rings. The van der Waals surface area contributed by atoms with E-state index in [1.165, 1.54) is 25.9 Å². The Bertz CT molecular complexity index is 328. The van der Waals surface area contributed by atoms with E-state index >= 15 is 0 Å². The molecule has 0 radical (unpaired) electrons. The van der Waals surface area contributed by atoms with Crippen molar-refractivity contribution >= 4 is 5.78 Å². The number of rotatable bonds is 4. The first-order chi connectivity index (χ1) is 7.86. The largest absolute Gasteiger partial charge is 0.346 e. The molecule has 2 nitrogen and oxygen atoms in total. The zero-order valence-electron chi connectivity index (χ0n) is 9.69. The molecule has 86 valence electrons. The summed E-state index contributed by atoms with van der Waals surface area (Å²) in [5, 5.41) is 2.38. The highest BCUT2D eigenvalue weighted by atomic mass is 16.1. The number of carbonyl (C=O) groups excluding carboxylic acids is 1. The van der Waals surface area contributed by atoms with Crippen LogP contribution in [0, 0.1) is 5.92 Å². The highest BCUT2D eigenvalue weighted by molar-refractivity contribution is 5.95. The monoisotopic (exact) mass is 218 g/mol. The summed E-state index contributed by atoms with van der Waals surface area (Å²) < 4.78 is 0. The van der Waals surface area contributed by atoms with Crippen molar-refractivity contribution in [2.24, 2.45) is 5.92 Å². The minimum absolute atomic E-state index is 0.297. The third-order valence-corrected chi connectivity index (χ3v) is 3.40. The van der Waals surface area contributed by atoms with E-state index in [2.05, 4.69) is 5.32 Å². The molecule has 1 fully saturated rings. The van der Waals surface area contributed by atoms with Crippen LogP contribution in [0.25, 0.3) is 0 Å². The molecule has 2 rings (SSSR count). The molecule has 1 aliphatic rings. The minimum Gasteiger partial charge on any atom is -0.346 e. The van der Waals surface area contributed by atoms with Gasteiger partial charge in [-0.25, -0.2) is 0 Å². The highest BCUT2D eigenvalue weighted by Crippen LogP contribution is 2.15. The number of carbonyl (C=O) groups is 1. The molecule has 0 aromatic heterocycles. The number of benzene rings is 1. The Morgan fingerprint density at radius 1 is 1.31 bits per heavy atom. The van der Waals surface area contributed by atoms with E-state index in [-0.39, 0.29) is 0 Å². The van der Waals surface area contributed by atoms with Gasteiger partial charge in [0.2, 0.25) is 0 Å². The van der Waals surface area contributed by atoms with Gasteiger partial charge in [-0.3, -0.25) is 4.79 Å². The lowest BCUT2D eigenvalue weighted by Crippen LogP contribution is -2.87. The second-order valence-electron chi connectivity index (χ2n) is 4.65. The normalized spacial score (nSPS) is 20.6. The molecule has 0 bridgehead atoms. The molecule has 0 unspecified atom stereocenters. The zero-order valence-corrected chi connectivity index (χ0v) is 9.69. The smallest absolute Gasteiger partial charge is 0.162 e. The van der Waals surface area contributed by atoms with Crippen LogP contribution in [-0.4, -0.2) is 18.9 Å². The van der Waals surface area contributed by atoms with E-state index < -0.39 is 0 Å². The van der Waals surface area contributed by atoms with Gasteiger partial charge in [0.25, 0.3) is 0 Å². The number of piperidine rings is 1. The third kappa shape index (κ3) is 3.17. The van der Waals surface area contributed by atoms with Crippen LogP contribution < -0.4 is 5.32 Å². The maximum Gasteiger partial charge on any atom is 0.162 e. The summed E-state index contributed by atoms with van der Waals surface area (Å²) in [5.41, 5.74) is 0.863. The van der Waals surface area contributed by atoms with Gasteiger partial charge in [-0.15, -0.1) is 0 Å². The maximum absolute atomic E-state index is 11.9. The number of hydrogen-bond donors (Lipinski definition) is 1. The highest BCUT2D eigenvalue weighted by Gasteiger charge is 2.17. The summed E-state index contributed by atoms with van der Waals surface area (Å²) in [6.07, 6.45) is 4.38. The van der Waals surface area contributed by atoms with Crippen molar-refractivity contribution in [1.29, 1.82) is 0 Å². The molecule has 16 heavy (non-hydrogen) atoms. The Balaban J connectivity index is 1.79. The predicted molar refractivity (Wildman–Crippen MR) is 64.4 cm³/mol. The summed E-state index contributed by atoms with van der Waals surface area (Å²) in [6.45, 7) is 2.48. The summed E-state index contributed by atoms with van der Waals surface area (Å²) in [7, 11) is 0. The second-order valence-corrected chi connectivity index (χ2v) is 4.65. The Hall–Kier alpha value is -1.15. The molecule has 1 saturated heterocycles. The van der Waals surface area contributed by atoms with Crippen LogP contribution in [0.1, 0.15) is 36.0 Å². The molecule has 1 aromatic carbocycles. The fourth-order valence-electron chi connectivity index (χ4n) is 2.39.